The van der Waals surface area contributed by atoms with Gasteiger partial charge in [0.25, 0.3) is 0 Å². The minimum absolute atomic E-state index is 0.170. The van der Waals surface area contributed by atoms with Crippen LogP contribution < -0.4 is 5.32 Å². The highest BCUT2D eigenvalue weighted by atomic mass is 32.2. The molecule has 146 valence electrons. The van der Waals surface area contributed by atoms with Crippen LogP contribution in [-0.2, 0) is 21.4 Å². The summed E-state index contributed by atoms with van der Waals surface area (Å²) < 4.78 is 28.4. The van der Waals surface area contributed by atoms with Gasteiger partial charge in [0.05, 0.1) is 4.90 Å². The summed E-state index contributed by atoms with van der Waals surface area (Å²) in [5.74, 6) is -0.236. The fourth-order valence-corrected chi connectivity index (χ4v) is 3.85. The molecule has 0 spiro atoms. The number of hydrogen-bond acceptors (Lipinski definition) is 4. The first kappa shape index (κ1) is 19.8. The Kier molecular flexibility index (Phi) is 5.91. The van der Waals surface area contributed by atoms with Crippen LogP contribution in [0.2, 0.25) is 0 Å². The Hall–Kier alpha value is -2.97. The number of carbonyl (C=O) groups excluding carboxylic acids is 1. The van der Waals surface area contributed by atoms with Gasteiger partial charge in [-0.15, -0.1) is 0 Å². The Balaban J connectivity index is 1.68. The number of hydrogen-bond donors (Lipinski definition) is 1. The van der Waals surface area contributed by atoms with E-state index in [-0.39, 0.29) is 17.3 Å². The van der Waals surface area contributed by atoms with Crippen molar-refractivity contribution in [1.29, 1.82) is 0 Å². The first-order valence-electron chi connectivity index (χ1n) is 8.78. The summed E-state index contributed by atoms with van der Waals surface area (Å²) in [6.07, 6.45) is 3.32. The third-order valence-electron chi connectivity index (χ3n) is 4.38. The zero-order valence-electron chi connectivity index (χ0n) is 15.7. The normalized spacial score (nSPS) is 12.7. The molecule has 0 saturated heterocycles. The third-order valence-corrected chi connectivity index (χ3v) is 6.20. The molecule has 2 aromatic carbocycles. The second kappa shape index (κ2) is 8.37. The average molecular weight is 398 g/mol. The summed E-state index contributed by atoms with van der Waals surface area (Å²) in [5.41, 5.74) is 1.43. The first-order chi connectivity index (χ1) is 13.4. The summed E-state index contributed by atoms with van der Waals surface area (Å²) >= 11 is 0. The number of nitrogens with zero attached hydrogens (tertiary/aromatic N) is 3. The highest BCUT2D eigenvalue weighted by Gasteiger charge is 2.21. The van der Waals surface area contributed by atoms with E-state index in [0.29, 0.717) is 5.69 Å². The van der Waals surface area contributed by atoms with Gasteiger partial charge in [0.1, 0.15) is 6.04 Å². The van der Waals surface area contributed by atoms with E-state index >= 15 is 0 Å². The molecule has 0 saturated carbocycles. The number of aromatic nitrogens is 2. The SMILES string of the molecule is CC(C(=O)Nc1ccc(S(=O)(=O)N(C)Cc2ccccc2)cc1)n1cccn1. The molecule has 3 aromatic rings. The summed E-state index contributed by atoms with van der Waals surface area (Å²) in [6, 6.07) is 16.8. The first-order valence-corrected chi connectivity index (χ1v) is 10.2. The van der Waals surface area contributed by atoms with E-state index in [0.717, 1.165) is 5.56 Å². The van der Waals surface area contributed by atoms with Gasteiger partial charge in [-0.25, -0.2) is 8.42 Å². The molecule has 0 aliphatic carbocycles. The second-order valence-corrected chi connectivity index (χ2v) is 8.47. The van der Waals surface area contributed by atoms with E-state index in [1.807, 2.05) is 30.3 Å². The number of nitrogens with one attached hydrogen (secondary N) is 1. The van der Waals surface area contributed by atoms with Crippen molar-refractivity contribution in [3.63, 3.8) is 0 Å². The number of amides is 1. The predicted molar refractivity (Wildman–Crippen MR) is 107 cm³/mol. The fourth-order valence-electron chi connectivity index (χ4n) is 2.69. The van der Waals surface area contributed by atoms with Crippen molar-refractivity contribution in [3.8, 4) is 0 Å². The minimum Gasteiger partial charge on any atom is -0.324 e. The van der Waals surface area contributed by atoms with Gasteiger partial charge in [-0.3, -0.25) is 9.48 Å². The maximum absolute atomic E-state index is 12.8. The summed E-state index contributed by atoms with van der Waals surface area (Å²) in [4.78, 5) is 12.5. The van der Waals surface area contributed by atoms with E-state index in [1.54, 1.807) is 49.2 Å². The molecule has 8 heteroatoms. The molecule has 0 aliphatic heterocycles. The molecule has 1 atom stereocenters. The lowest BCUT2D eigenvalue weighted by atomic mass is 10.2. The smallest absolute Gasteiger partial charge is 0.248 e. The van der Waals surface area contributed by atoms with Crippen LogP contribution in [0.3, 0.4) is 0 Å². The van der Waals surface area contributed by atoms with Gasteiger partial charge in [0, 0.05) is 31.7 Å². The Labute approximate surface area is 164 Å². The van der Waals surface area contributed by atoms with Crippen molar-refractivity contribution in [1.82, 2.24) is 14.1 Å². The molecule has 1 amide bonds. The average Bonchev–Trinajstić information content (AvgIpc) is 3.23. The van der Waals surface area contributed by atoms with Crippen LogP contribution in [0.15, 0.2) is 78.0 Å². The van der Waals surface area contributed by atoms with Crippen LogP contribution in [0.25, 0.3) is 0 Å². The molecule has 1 N–H and O–H groups in total. The molecule has 7 nitrogen and oxygen atoms in total. The van der Waals surface area contributed by atoms with Crippen LogP contribution in [-0.4, -0.2) is 35.5 Å². The quantitative estimate of drug-likeness (QED) is 0.663. The van der Waals surface area contributed by atoms with Crippen molar-refractivity contribution < 1.29 is 13.2 Å². The summed E-state index contributed by atoms with van der Waals surface area (Å²) in [6.45, 7) is 2.02. The molecule has 28 heavy (non-hydrogen) atoms. The Morgan fingerprint density at radius 2 is 1.79 bits per heavy atom. The topological polar surface area (TPSA) is 84.3 Å². The molecule has 1 aromatic heterocycles. The van der Waals surface area contributed by atoms with E-state index in [9.17, 15) is 13.2 Å². The highest BCUT2D eigenvalue weighted by Crippen LogP contribution is 2.20. The molecular formula is C20H22N4O3S. The van der Waals surface area contributed by atoms with Gasteiger partial charge in [-0.2, -0.15) is 9.40 Å². The molecule has 0 fully saturated rings. The van der Waals surface area contributed by atoms with E-state index in [1.165, 1.54) is 16.4 Å². The van der Waals surface area contributed by atoms with Gasteiger partial charge < -0.3 is 5.32 Å². The Morgan fingerprint density at radius 1 is 1.11 bits per heavy atom. The van der Waals surface area contributed by atoms with E-state index in [4.69, 9.17) is 0 Å². The molecule has 1 unspecified atom stereocenters. The summed E-state index contributed by atoms with van der Waals surface area (Å²) in [7, 11) is -2.08. The lowest BCUT2D eigenvalue weighted by Gasteiger charge is -2.18. The van der Waals surface area contributed by atoms with Gasteiger partial charge >= 0.3 is 0 Å². The minimum atomic E-state index is -3.63. The predicted octanol–water partition coefficient (Wildman–Crippen LogP) is 2.90. The van der Waals surface area contributed by atoms with E-state index in [2.05, 4.69) is 10.4 Å². The molecule has 0 radical (unpaired) electrons. The Bertz CT molecular complexity index is 1020. The third kappa shape index (κ3) is 4.47. The number of carbonyl (C=O) groups is 1. The molecule has 3 rings (SSSR count). The van der Waals surface area contributed by atoms with Gasteiger partial charge in [-0.05, 0) is 42.8 Å². The molecule has 1 heterocycles. The zero-order chi connectivity index (χ0) is 20.1. The van der Waals surface area contributed by atoms with Gasteiger partial charge in [-0.1, -0.05) is 30.3 Å². The maximum Gasteiger partial charge on any atom is 0.248 e. The molecule has 0 aliphatic rings. The van der Waals surface area contributed by atoms with Gasteiger partial charge in [0.2, 0.25) is 15.9 Å². The second-order valence-electron chi connectivity index (χ2n) is 6.42. The summed E-state index contributed by atoms with van der Waals surface area (Å²) in [5, 5.41) is 6.82. The lowest BCUT2D eigenvalue weighted by Crippen LogP contribution is -2.26. The largest absolute Gasteiger partial charge is 0.324 e. The highest BCUT2D eigenvalue weighted by molar-refractivity contribution is 7.89. The van der Waals surface area contributed by atoms with Crippen molar-refractivity contribution in [2.45, 2.75) is 24.4 Å². The van der Waals surface area contributed by atoms with Crippen molar-refractivity contribution in [2.75, 3.05) is 12.4 Å². The lowest BCUT2D eigenvalue weighted by molar-refractivity contribution is -0.119. The fraction of sp³-hybridized carbons (Fsp3) is 0.200. The van der Waals surface area contributed by atoms with Crippen LogP contribution in [0.4, 0.5) is 5.69 Å². The van der Waals surface area contributed by atoms with Crippen LogP contribution in [0.5, 0.6) is 0 Å². The monoisotopic (exact) mass is 398 g/mol. The zero-order valence-corrected chi connectivity index (χ0v) is 16.5. The van der Waals surface area contributed by atoms with E-state index < -0.39 is 16.1 Å². The van der Waals surface area contributed by atoms with Crippen LogP contribution in [0.1, 0.15) is 18.5 Å². The number of rotatable bonds is 7. The van der Waals surface area contributed by atoms with Crippen molar-refractivity contribution in [2.24, 2.45) is 0 Å². The number of sulfonamides is 1. The molecular weight excluding hydrogens is 376 g/mol. The van der Waals surface area contributed by atoms with Gasteiger partial charge in [0.15, 0.2) is 0 Å². The number of anilines is 1. The maximum atomic E-state index is 12.8. The number of benzene rings is 2. The standard InChI is InChI=1S/C20H22N4O3S/c1-16(24-14-6-13-21-24)20(25)22-18-9-11-19(12-10-18)28(26,27)23(2)15-17-7-4-3-5-8-17/h3-14,16H,15H2,1-2H3,(H,22,25). The van der Waals surface area contributed by atoms with Crippen LogP contribution >= 0.6 is 0 Å². The van der Waals surface area contributed by atoms with Crippen molar-refractivity contribution in [3.05, 3.63) is 78.6 Å². The van der Waals surface area contributed by atoms with Crippen molar-refractivity contribution >= 4 is 21.6 Å². The molecule has 0 bridgehead atoms. The van der Waals surface area contributed by atoms with Crippen LogP contribution in [0, 0.1) is 0 Å². The Morgan fingerprint density at radius 3 is 2.39 bits per heavy atom.